The van der Waals surface area contributed by atoms with Crippen LogP contribution in [0, 0.1) is 0 Å². The standard InChI is InChI=1S/C17H17N3O4S/c1-4-20-15-12(9-18-20)11(17(22)24-10(2)16(21)23-3)8-13(19-15)14-6-5-7-25-14/h5-10H,4H2,1-3H3/t10-/m0/s1. The van der Waals surface area contributed by atoms with Crippen molar-refractivity contribution in [2.24, 2.45) is 0 Å². The molecule has 130 valence electrons. The van der Waals surface area contributed by atoms with Crippen molar-refractivity contribution in [3.8, 4) is 10.6 Å². The number of nitrogens with zero attached hydrogens (tertiary/aromatic N) is 3. The third kappa shape index (κ3) is 3.25. The lowest BCUT2D eigenvalue weighted by Crippen LogP contribution is -2.25. The average Bonchev–Trinajstić information content (AvgIpc) is 3.29. The fourth-order valence-electron chi connectivity index (χ4n) is 2.44. The van der Waals surface area contributed by atoms with Gasteiger partial charge in [0, 0.05) is 6.54 Å². The predicted octanol–water partition coefficient (Wildman–Crippen LogP) is 2.90. The summed E-state index contributed by atoms with van der Waals surface area (Å²) in [7, 11) is 1.25. The minimum absolute atomic E-state index is 0.323. The van der Waals surface area contributed by atoms with Crippen LogP contribution in [0.1, 0.15) is 24.2 Å². The van der Waals surface area contributed by atoms with Gasteiger partial charge in [-0.1, -0.05) is 6.07 Å². The van der Waals surface area contributed by atoms with Gasteiger partial charge in [0.2, 0.25) is 0 Å². The van der Waals surface area contributed by atoms with Crippen LogP contribution in [0.2, 0.25) is 0 Å². The number of hydrogen-bond acceptors (Lipinski definition) is 7. The first-order chi connectivity index (χ1) is 12.0. The molecule has 3 aromatic rings. The van der Waals surface area contributed by atoms with Gasteiger partial charge in [0.05, 0.1) is 34.8 Å². The van der Waals surface area contributed by atoms with E-state index in [4.69, 9.17) is 4.74 Å². The van der Waals surface area contributed by atoms with Crippen molar-refractivity contribution in [2.75, 3.05) is 7.11 Å². The highest BCUT2D eigenvalue weighted by Crippen LogP contribution is 2.28. The number of carbonyl (C=O) groups excluding carboxylic acids is 2. The normalized spacial score (nSPS) is 12.1. The molecule has 0 saturated heterocycles. The Labute approximate surface area is 148 Å². The molecule has 0 bridgehead atoms. The highest BCUT2D eigenvalue weighted by molar-refractivity contribution is 7.13. The first-order valence-corrected chi connectivity index (χ1v) is 8.62. The summed E-state index contributed by atoms with van der Waals surface area (Å²) >= 11 is 1.53. The highest BCUT2D eigenvalue weighted by atomic mass is 32.1. The Balaban J connectivity index is 2.08. The lowest BCUT2D eigenvalue weighted by molar-refractivity contribution is -0.149. The van der Waals surface area contributed by atoms with Gasteiger partial charge in [-0.25, -0.2) is 19.3 Å². The third-order valence-electron chi connectivity index (χ3n) is 3.72. The Kier molecular flexibility index (Phi) is 4.80. The second-order valence-electron chi connectivity index (χ2n) is 5.30. The third-order valence-corrected chi connectivity index (χ3v) is 4.61. The van der Waals surface area contributed by atoms with Gasteiger partial charge in [-0.2, -0.15) is 5.10 Å². The van der Waals surface area contributed by atoms with Crippen molar-refractivity contribution in [1.29, 1.82) is 0 Å². The summed E-state index contributed by atoms with van der Waals surface area (Å²) < 4.78 is 11.5. The van der Waals surface area contributed by atoms with E-state index < -0.39 is 18.0 Å². The van der Waals surface area contributed by atoms with Crippen molar-refractivity contribution in [1.82, 2.24) is 14.8 Å². The maximum atomic E-state index is 12.6. The fourth-order valence-corrected chi connectivity index (χ4v) is 3.12. The number of esters is 2. The van der Waals surface area contributed by atoms with Crippen LogP contribution in [0.5, 0.6) is 0 Å². The van der Waals surface area contributed by atoms with E-state index >= 15 is 0 Å². The number of methoxy groups -OCH3 is 1. The molecule has 8 heteroatoms. The number of hydrogen-bond donors (Lipinski definition) is 0. The maximum Gasteiger partial charge on any atom is 0.346 e. The van der Waals surface area contributed by atoms with Crippen LogP contribution in [0.4, 0.5) is 0 Å². The van der Waals surface area contributed by atoms with Gasteiger partial charge in [-0.15, -0.1) is 11.3 Å². The van der Waals surface area contributed by atoms with Crippen LogP contribution >= 0.6 is 11.3 Å². The molecule has 7 nitrogen and oxygen atoms in total. The Hall–Kier alpha value is -2.74. The summed E-state index contributed by atoms with van der Waals surface area (Å²) in [6, 6.07) is 5.51. The van der Waals surface area contributed by atoms with Crippen LogP contribution < -0.4 is 0 Å². The first-order valence-electron chi connectivity index (χ1n) is 7.74. The molecule has 0 unspecified atom stereocenters. The quantitative estimate of drug-likeness (QED) is 0.651. The lowest BCUT2D eigenvalue weighted by atomic mass is 10.1. The molecule has 0 aliphatic rings. The molecule has 3 heterocycles. The van der Waals surface area contributed by atoms with E-state index in [1.54, 1.807) is 16.9 Å². The molecule has 0 saturated carbocycles. The summed E-state index contributed by atoms with van der Waals surface area (Å²) in [6.45, 7) is 4.04. The molecule has 25 heavy (non-hydrogen) atoms. The van der Waals surface area contributed by atoms with E-state index in [1.165, 1.54) is 25.4 Å². The molecule has 0 radical (unpaired) electrons. The molecule has 0 aromatic carbocycles. The van der Waals surface area contributed by atoms with Gasteiger partial charge >= 0.3 is 11.9 Å². The SMILES string of the molecule is CCn1ncc2c(C(=O)O[C@@H](C)C(=O)OC)cc(-c3cccs3)nc21. The summed E-state index contributed by atoms with van der Waals surface area (Å²) in [4.78, 5) is 29.7. The minimum Gasteiger partial charge on any atom is -0.466 e. The number of aromatic nitrogens is 3. The fraction of sp³-hybridized carbons (Fsp3) is 0.294. The summed E-state index contributed by atoms with van der Waals surface area (Å²) in [5, 5.41) is 6.80. The van der Waals surface area contributed by atoms with E-state index in [0.29, 0.717) is 28.8 Å². The van der Waals surface area contributed by atoms with E-state index in [2.05, 4.69) is 14.8 Å². The minimum atomic E-state index is -0.993. The molecule has 1 atom stereocenters. The summed E-state index contributed by atoms with van der Waals surface area (Å²) in [6.07, 6.45) is 0.593. The Morgan fingerprint density at radius 2 is 2.20 bits per heavy atom. The largest absolute Gasteiger partial charge is 0.466 e. The molecule has 0 spiro atoms. The smallest absolute Gasteiger partial charge is 0.346 e. The van der Waals surface area contributed by atoms with Crippen molar-refractivity contribution in [3.63, 3.8) is 0 Å². The number of ether oxygens (including phenoxy) is 2. The van der Waals surface area contributed by atoms with Crippen LogP contribution in [-0.2, 0) is 20.8 Å². The highest BCUT2D eigenvalue weighted by Gasteiger charge is 2.23. The first kappa shape index (κ1) is 17.1. The number of carbonyl (C=O) groups is 2. The molecule has 0 fully saturated rings. The topological polar surface area (TPSA) is 83.3 Å². The maximum absolute atomic E-state index is 12.6. The van der Waals surface area contributed by atoms with E-state index in [-0.39, 0.29) is 0 Å². The predicted molar refractivity (Wildman–Crippen MR) is 93.4 cm³/mol. The van der Waals surface area contributed by atoms with Gasteiger partial charge < -0.3 is 9.47 Å². The van der Waals surface area contributed by atoms with Crippen LogP contribution in [0.25, 0.3) is 21.6 Å². The molecule has 0 aliphatic heterocycles. The summed E-state index contributed by atoms with van der Waals surface area (Å²) in [5.41, 5.74) is 1.59. The zero-order chi connectivity index (χ0) is 18.0. The zero-order valence-corrected chi connectivity index (χ0v) is 14.9. The van der Waals surface area contributed by atoms with E-state index in [1.807, 2.05) is 24.4 Å². The van der Waals surface area contributed by atoms with Crippen molar-refractivity contribution >= 4 is 34.3 Å². The van der Waals surface area contributed by atoms with Gasteiger partial charge in [0.15, 0.2) is 11.8 Å². The average molecular weight is 359 g/mol. The van der Waals surface area contributed by atoms with Crippen molar-refractivity contribution < 1.29 is 19.1 Å². The van der Waals surface area contributed by atoms with Gasteiger partial charge in [0.25, 0.3) is 0 Å². The molecule has 0 N–H and O–H groups in total. The molecular weight excluding hydrogens is 342 g/mol. The van der Waals surface area contributed by atoms with Crippen LogP contribution in [0.15, 0.2) is 29.8 Å². The van der Waals surface area contributed by atoms with E-state index in [0.717, 1.165) is 4.88 Å². The molecular formula is C17H17N3O4S. The van der Waals surface area contributed by atoms with E-state index in [9.17, 15) is 9.59 Å². The molecule has 0 aliphatic carbocycles. The second-order valence-corrected chi connectivity index (χ2v) is 6.25. The second kappa shape index (κ2) is 7.02. The van der Waals surface area contributed by atoms with Crippen molar-refractivity contribution in [2.45, 2.75) is 26.5 Å². The molecule has 3 aromatic heterocycles. The summed E-state index contributed by atoms with van der Waals surface area (Å²) in [5.74, 6) is -1.22. The lowest BCUT2D eigenvalue weighted by Gasteiger charge is -2.12. The molecule has 0 amide bonds. The number of rotatable bonds is 5. The number of pyridine rings is 1. The zero-order valence-electron chi connectivity index (χ0n) is 14.1. The van der Waals surface area contributed by atoms with Crippen LogP contribution in [0.3, 0.4) is 0 Å². The van der Waals surface area contributed by atoms with Gasteiger partial charge in [-0.3, -0.25) is 0 Å². The number of fused-ring (bicyclic) bond motifs is 1. The number of aryl methyl sites for hydroxylation is 1. The molecule has 3 rings (SSSR count). The monoisotopic (exact) mass is 359 g/mol. The van der Waals surface area contributed by atoms with Gasteiger partial charge in [0.1, 0.15) is 0 Å². The Bertz CT molecular complexity index is 918. The van der Waals surface area contributed by atoms with Crippen molar-refractivity contribution in [3.05, 3.63) is 35.3 Å². The number of thiophene rings is 1. The van der Waals surface area contributed by atoms with Gasteiger partial charge in [-0.05, 0) is 31.4 Å². The Morgan fingerprint density at radius 3 is 2.84 bits per heavy atom. The Morgan fingerprint density at radius 1 is 1.40 bits per heavy atom. The van der Waals surface area contributed by atoms with Crippen LogP contribution in [-0.4, -0.2) is 39.9 Å².